The van der Waals surface area contributed by atoms with Gasteiger partial charge in [0.05, 0.1) is 11.2 Å². The van der Waals surface area contributed by atoms with E-state index in [4.69, 9.17) is 9.47 Å². The third-order valence-electron chi connectivity index (χ3n) is 16.9. The quantitative estimate of drug-likeness (QED) is 0.0273. The lowest BCUT2D eigenvalue weighted by Crippen LogP contribution is -2.65. The van der Waals surface area contributed by atoms with Gasteiger partial charge < -0.3 is 29.9 Å². The molecule has 78 heavy (non-hydrogen) atoms. The van der Waals surface area contributed by atoms with Gasteiger partial charge in [0.1, 0.15) is 23.4 Å². The summed E-state index contributed by atoms with van der Waals surface area (Å²) in [5.74, 6) is -0.436. The second-order valence-corrected chi connectivity index (χ2v) is 25.6. The Morgan fingerprint density at radius 1 is 0.385 bits per heavy atom. The van der Waals surface area contributed by atoms with Crippen LogP contribution in [0, 0.1) is 10.8 Å². The molecule has 0 spiro atoms. The van der Waals surface area contributed by atoms with Gasteiger partial charge in [0.2, 0.25) is 0 Å². The summed E-state index contributed by atoms with van der Waals surface area (Å²) in [4.78, 5) is 25.6. The van der Waals surface area contributed by atoms with Crippen LogP contribution in [0.5, 0.6) is 0 Å². The molecule has 0 heterocycles. The molecule has 0 aliphatic heterocycles. The number of esters is 2. The van der Waals surface area contributed by atoms with Gasteiger partial charge in [-0.2, -0.15) is 0 Å². The van der Waals surface area contributed by atoms with Crippen LogP contribution >= 0.6 is 0 Å². The van der Waals surface area contributed by atoms with Crippen LogP contribution in [0.2, 0.25) is 0 Å². The van der Waals surface area contributed by atoms with Gasteiger partial charge in [-0.05, 0) is 79.4 Å². The maximum Gasteiger partial charge on any atom is 0.306 e. The van der Waals surface area contributed by atoms with Gasteiger partial charge in [-0.15, -0.1) is 0 Å². The lowest BCUT2D eigenvalue weighted by Gasteiger charge is -2.55. The minimum Gasteiger partial charge on any atom is -0.462 e. The molecule has 0 aromatic heterocycles. The highest BCUT2D eigenvalue weighted by Crippen LogP contribution is 2.52. The molecule has 2 rings (SSSR count). The SMILES string of the molecule is CCCCCCCCCCCCCCCC(=O)O[C@H]1CC(C)(C)[C@](O)(/C=C/C(C)=C/C=C/C(C)=C/C=C/C=C(C)/C=C/C=C(C)/C=C/[C@@]2(O)C(C)(C)C[C@H](OC(=O)CCCCCCCCCCCCC)C[C@@]2(C)O)[C@](C)(O)C1. The second kappa shape index (κ2) is 36.7. The molecule has 8 nitrogen and oxygen atoms in total. The van der Waals surface area contributed by atoms with Gasteiger partial charge in [-0.25, -0.2) is 0 Å². The molecule has 6 atom stereocenters. The van der Waals surface area contributed by atoms with E-state index < -0.39 is 45.4 Å². The Morgan fingerprint density at radius 3 is 0.923 bits per heavy atom. The summed E-state index contributed by atoms with van der Waals surface area (Å²) in [5, 5.41) is 47.3. The molecular formula is C70H116O8. The number of hydrogen-bond donors (Lipinski definition) is 4. The summed E-state index contributed by atoms with van der Waals surface area (Å²) < 4.78 is 11.8. The second-order valence-electron chi connectivity index (χ2n) is 25.6. The first-order valence-corrected chi connectivity index (χ1v) is 31.2. The molecule has 0 bridgehead atoms. The van der Waals surface area contributed by atoms with Crippen LogP contribution in [0.15, 0.2) is 107 Å². The van der Waals surface area contributed by atoms with E-state index in [1.807, 2.05) is 128 Å². The average molecular weight is 1090 g/mol. The highest BCUT2D eigenvalue weighted by Gasteiger charge is 2.60. The summed E-state index contributed by atoms with van der Waals surface area (Å²) in [6, 6.07) is 0. The predicted octanol–water partition coefficient (Wildman–Crippen LogP) is 18.2. The highest BCUT2D eigenvalue weighted by atomic mass is 16.5. The summed E-state index contributed by atoms with van der Waals surface area (Å²) >= 11 is 0. The Morgan fingerprint density at radius 2 is 0.641 bits per heavy atom. The van der Waals surface area contributed by atoms with Gasteiger partial charge in [-0.1, -0.05) is 278 Å². The van der Waals surface area contributed by atoms with E-state index in [0.717, 1.165) is 60.8 Å². The fourth-order valence-electron chi connectivity index (χ4n) is 11.8. The van der Waals surface area contributed by atoms with Crippen molar-refractivity contribution < 1.29 is 39.5 Å². The van der Waals surface area contributed by atoms with Crippen LogP contribution < -0.4 is 0 Å². The fraction of sp³-hybridized carbons (Fsp3) is 0.714. The maximum atomic E-state index is 12.8. The maximum absolute atomic E-state index is 12.8. The first-order chi connectivity index (χ1) is 36.8. The summed E-state index contributed by atoms with van der Waals surface area (Å²) in [6.45, 7) is 23.5. The zero-order valence-corrected chi connectivity index (χ0v) is 51.9. The van der Waals surface area contributed by atoms with Gasteiger partial charge in [0.15, 0.2) is 0 Å². The minimum absolute atomic E-state index is 0.168. The first kappa shape index (κ1) is 70.5. The number of allylic oxidation sites excluding steroid dienone is 16. The number of unbranched alkanes of at least 4 members (excludes halogenated alkanes) is 22. The van der Waals surface area contributed by atoms with Crippen molar-refractivity contribution in [3.05, 3.63) is 107 Å². The molecule has 0 unspecified atom stereocenters. The summed E-state index contributed by atoms with van der Waals surface area (Å²) in [5.41, 5.74) is -3.59. The van der Waals surface area contributed by atoms with Crippen LogP contribution in [-0.2, 0) is 19.1 Å². The lowest BCUT2D eigenvalue weighted by atomic mass is 9.57. The van der Waals surface area contributed by atoms with Crippen molar-refractivity contribution >= 4 is 11.9 Å². The molecule has 0 saturated heterocycles. The molecule has 4 N–H and O–H groups in total. The molecule has 0 aromatic rings. The zero-order chi connectivity index (χ0) is 58.1. The van der Waals surface area contributed by atoms with Crippen molar-refractivity contribution in [2.75, 3.05) is 0 Å². The van der Waals surface area contributed by atoms with E-state index in [2.05, 4.69) is 13.8 Å². The van der Waals surface area contributed by atoms with E-state index in [0.29, 0.717) is 25.7 Å². The number of ether oxygens (including phenoxy) is 2. The molecule has 444 valence electrons. The average Bonchev–Trinajstić information content (AvgIpc) is 3.46. The molecular weight excluding hydrogens is 969 g/mol. The monoisotopic (exact) mass is 1080 g/mol. The smallest absolute Gasteiger partial charge is 0.306 e. The van der Waals surface area contributed by atoms with E-state index in [9.17, 15) is 30.0 Å². The molecule has 2 fully saturated rings. The van der Waals surface area contributed by atoms with Gasteiger partial charge in [0.25, 0.3) is 0 Å². The number of rotatable bonds is 38. The van der Waals surface area contributed by atoms with E-state index >= 15 is 0 Å². The molecule has 2 aliphatic carbocycles. The third-order valence-corrected chi connectivity index (χ3v) is 16.9. The van der Waals surface area contributed by atoms with Gasteiger partial charge in [0, 0.05) is 36.5 Å². The van der Waals surface area contributed by atoms with Gasteiger partial charge >= 0.3 is 11.9 Å². The van der Waals surface area contributed by atoms with Crippen LogP contribution in [0.3, 0.4) is 0 Å². The lowest BCUT2D eigenvalue weighted by molar-refractivity contribution is -0.223. The predicted molar refractivity (Wildman–Crippen MR) is 329 cm³/mol. The number of hydrogen-bond acceptors (Lipinski definition) is 8. The molecule has 0 amide bonds. The Labute approximate surface area is 477 Å². The molecule has 8 heteroatoms. The van der Waals surface area contributed by atoms with Crippen molar-refractivity contribution in [2.24, 2.45) is 10.8 Å². The topological polar surface area (TPSA) is 134 Å². The van der Waals surface area contributed by atoms with Crippen molar-refractivity contribution in [1.29, 1.82) is 0 Å². The summed E-state index contributed by atoms with van der Waals surface area (Å²) in [7, 11) is 0. The molecule has 0 radical (unpaired) electrons. The van der Waals surface area contributed by atoms with E-state index in [1.54, 1.807) is 26.0 Å². The van der Waals surface area contributed by atoms with E-state index in [-0.39, 0.29) is 24.8 Å². The van der Waals surface area contributed by atoms with E-state index in [1.165, 1.54) is 116 Å². The van der Waals surface area contributed by atoms with Gasteiger partial charge in [-0.3, -0.25) is 9.59 Å². The molecule has 2 saturated carbocycles. The third kappa shape index (κ3) is 25.9. The van der Waals surface area contributed by atoms with Crippen molar-refractivity contribution in [1.82, 2.24) is 0 Å². The molecule has 0 aromatic carbocycles. The molecule has 2 aliphatic rings. The largest absolute Gasteiger partial charge is 0.462 e. The first-order valence-electron chi connectivity index (χ1n) is 31.2. The number of carbonyl (C=O) groups is 2. The number of carbonyl (C=O) groups excluding carboxylic acids is 2. The zero-order valence-electron chi connectivity index (χ0n) is 51.9. The van der Waals surface area contributed by atoms with Crippen molar-refractivity contribution in [3.63, 3.8) is 0 Å². The van der Waals surface area contributed by atoms with Crippen LogP contribution in [0.1, 0.15) is 276 Å². The fourth-order valence-corrected chi connectivity index (χ4v) is 11.8. The highest BCUT2D eigenvalue weighted by molar-refractivity contribution is 5.70. The van der Waals surface area contributed by atoms with Crippen molar-refractivity contribution in [2.45, 2.75) is 310 Å². The minimum atomic E-state index is -1.53. The standard InChI is InChI=1S/C70H116O8/c1-13-15-17-19-21-23-25-26-28-30-32-34-36-48-64(72)78-62-54-66(9,10)70(76,68(12,74)56-62)52-50-60(6)46-40-44-58(4)42-38-37-41-57(3)43-39-45-59(5)49-51-69(75)65(7,8)53-61(55-67(69,11)73)77-63(71)47-35-33-31-29-27-24-22-20-18-16-14-2/h37-46,49-52,61-62,73-76H,13-36,47-48,53-56H2,1-12H3/b38-37+,43-39+,44-40+,51-49+,52-50+,57-41+,58-42+,59-45+,60-46+/t61-,62-,67+,68+,69+,70+/m0/s1. The summed E-state index contributed by atoms with van der Waals surface area (Å²) in [6.07, 6.45) is 57.9. The van der Waals surface area contributed by atoms with Crippen molar-refractivity contribution in [3.8, 4) is 0 Å². The Hall–Kier alpha value is -3.56. The normalized spacial score (nSPS) is 26.4. The van der Waals surface area contributed by atoms with Crippen LogP contribution in [-0.4, -0.2) is 67.0 Å². The Balaban J connectivity index is 1.82. The Kier molecular flexibility index (Phi) is 33.2. The Bertz CT molecular complexity index is 1980. The number of aliphatic hydroxyl groups is 4. The van der Waals surface area contributed by atoms with Crippen LogP contribution in [0.4, 0.5) is 0 Å². The van der Waals surface area contributed by atoms with Crippen LogP contribution in [0.25, 0.3) is 0 Å².